The minimum atomic E-state index is -5.10. The molecule has 2 aromatic carbocycles. The summed E-state index contributed by atoms with van der Waals surface area (Å²) in [5, 5.41) is 19.9. The average Bonchev–Trinajstić information content (AvgIpc) is 3.70. The number of nitrogen functional groups attached to an aromatic ring is 1. The van der Waals surface area contributed by atoms with Crippen LogP contribution in [0.2, 0.25) is 0 Å². The zero-order chi connectivity index (χ0) is 36.6. The van der Waals surface area contributed by atoms with Gasteiger partial charge in [-0.3, -0.25) is 9.80 Å². The predicted octanol–water partition coefficient (Wildman–Crippen LogP) is 6.70. The van der Waals surface area contributed by atoms with Gasteiger partial charge in [-0.2, -0.15) is 28.4 Å². The predicted molar refractivity (Wildman–Crippen MR) is 182 cm³/mol. The topological polar surface area (TPSA) is 115 Å². The van der Waals surface area contributed by atoms with Crippen LogP contribution >= 0.6 is 11.3 Å². The second-order valence-electron chi connectivity index (χ2n) is 14.0. The van der Waals surface area contributed by atoms with Crippen LogP contribution in [0.25, 0.3) is 32.1 Å². The molecular formula is C35H37F6N7O2S. The smallest absolute Gasteiger partial charge is 0.417 e. The van der Waals surface area contributed by atoms with Crippen LogP contribution in [0.5, 0.6) is 6.01 Å². The lowest BCUT2D eigenvalue weighted by molar-refractivity contribution is -0.137. The van der Waals surface area contributed by atoms with Crippen molar-refractivity contribution in [3.63, 3.8) is 0 Å². The van der Waals surface area contributed by atoms with E-state index in [1.165, 1.54) is 0 Å². The Morgan fingerprint density at radius 1 is 1.24 bits per heavy atom. The first kappa shape index (κ1) is 35.5. The van der Waals surface area contributed by atoms with Crippen LogP contribution in [0.4, 0.5) is 37.2 Å². The van der Waals surface area contributed by atoms with Crippen molar-refractivity contribution in [2.24, 2.45) is 5.92 Å². The van der Waals surface area contributed by atoms with Crippen LogP contribution in [0.3, 0.4) is 0 Å². The van der Waals surface area contributed by atoms with Crippen LogP contribution in [-0.2, 0) is 6.18 Å². The molecule has 0 bridgehead atoms. The summed E-state index contributed by atoms with van der Waals surface area (Å²) >= 11 is 0.688. The van der Waals surface area contributed by atoms with E-state index < -0.39 is 52.4 Å². The van der Waals surface area contributed by atoms with Gasteiger partial charge in [0.25, 0.3) is 0 Å². The van der Waals surface area contributed by atoms with Crippen molar-refractivity contribution >= 4 is 43.1 Å². The van der Waals surface area contributed by atoms with Crippen LogP contribution in [0.15, 0.2) is 18.2 Å². The van der Waals surface area contributed by atoms with Gasteiger partial charge in [-0.25, -0.2) is 13.2 Å². The number of nitrogens with two attached hydrogens (primary N) is 1. The van der Waals surface area contributed by atoms with E-state index in [2.05, 4.69) is 9.97 Å². The third-order valence-corrected chi connectivity index (χ3v) is 11.8. The number of thiophene rings is 1. The van der Waals surface area contributed by atoms with E-state index in [0.29, 0.717) is 37.1 Å². The molecule has 2 aliphatic heterocycles. The Morgan fingerprint density at radius 3 is 2.65 bits per heavy atom. The molecule has 3 N–H and O–H groups in total. The summed E-state index contributed by atoms with van der Waals surface area (Å²) in [6, 6.07) is 4.02. The quantitative estimate of drug-likeness (QED) is 0.143. The number of alkyl halides is 4. The monoisotopic (exact) mass is 733 g/mol. The zero-order valence-corrected chi connectivity index (χ0v) is 29.0. The van der Waals surface area contributed by atoms with Crippen LogP contribution < -0.4 is 15.4 Å². The molecule has 0 radical (unpaired) electrons. The number of rotatable bonds is 9. The van der Waals surface area contributed by atoms with Gasteiger partial charge in [0.05, 0.1) is 21.4 Å². The molecule has 4 aromatic rings. The van der Waals surface area contributed by atoms with Gasteiger partial charge in [0.15, 0.2) is 5.82 Å². The number of halogens is 6. The fourth-order valence-electron chi connectivity index (χ4n) is 8.25. The molecule has 1 saturated carbocycles. The Morgan fingerprint density at radius 2 is 1.98 bits per heavy atom. The molecular weight excluding hydrogens is 696 g/mol. The van der Waals surface area contributed by atoms with E-state index in [-0.39, 0.29) is 81.5 Å². The molecule has 16 heteroatoms. The molecule has 3 aliphatic rings. The van der Waals surface area contributed by atoms with Crippen molar-refractivity contribution < 1.29 is 36.2 Å². The highest BCUT2D eigenvalue weighted by molar-refractivity contribution is 7.23. The third kappa shape index (κ3) is 5.91. The number of aliphatic hydroxyl groups excluding tert-OH is 1. The maximum absolute atomic E-state index is 17.1. The van der Waals surface area contributed by atoms with E-state index in [1.807, 2.05) is 11.0 Å². The summed E-state index contributed by atoms with van der Waals surface area (Å²) < 4.78 is 97.7. The summed E-state index contributed by atoms with van der Waals surface area (Å²) in [5.41, 5.74) is 2.00. The molecule has 1 aliphatic carbocycles. The summed E-state index contributed by atoms with van der Waals surface area (Å²) in [6.07, 6.45) is -4.11. The minimum Gasteiger partial charge on any atom is -0.461 e. The fourth-order valence-corrected chi connectivity index (χ4v) is 9.20. The van der Waals surface area contributed by atoms with Gasteiger partial charge in [-0.15, -0.1) is 11.3 Å². The van der Waals surface area contributed by atoms with E-state index in [4.69, 9.17) is 10.5 Å². The number of aromatic nitrogens is 2. The van der Waals surface area contributed by atoms with Gasteiger partial charge in [0, 0.05) is 47.8 Å². The Balaban J connectivity index is 1.43. The molecule has 1 unspecified atom stereocenters. The standard InChI is InChI=1S/C35H37F6N7O2S/c1-4-48(19-10-17(11-19)32(49)46(2)3)31-21-12-23(35(39,40)41)26(20-6-7-24(37)29-25(20)22(14-42)30(43)51-29)27(38)28(21)44-33(45-31)50-16-34-8-5-9-47(34)15-18(36)13-34/h6-7,12,17-19,32,49H,4-5,8-11,13,15-16,43H2,1-3H3/t17?,18-,19?,32?,34+/m1/s1. The number of hydrogen-bond donors (Lipinski definition) is 2. The Hall–Kier alpha value is -3.91. The number of fused-ring (bicyclic) bond motifs is 3. The van der Waals surface area contributed by atoms with Crippen molar-refractivity contribution in [1.82, 2.24) is 19.8 Å². The molecule has 272 valence electrons. The van der Waals surface area contributed by atoms with Gasteiger partial charge in [-0.1, -0.05) is 6.07 Å². The molecule has 7 rings (SSSR count). The van der Waals surface area contributed by atoms with Crippen molar-refractivity contribution in [3.8, 4) is 23.2 Å². The van der Waals surface area contributed by atoms with E-state index in [0.717, 1.165) is 24.6 Å². The summed E-state index contributed by atoms with van der Waals surface area (Å²) in [7, 11) is 3.49. The molecule has 2 aromatic heterocycles. The third-order valence-electron chi connectivity index (χ3n) is 10.8. The molecule has 51 heavy (non-hydrogen) atoms. The first-order chi connectivity index (χ1) is 24.2. The fraction of sp³-hybridized carbons (Fsp3) is 0.514. The highest BCUT2D eigenvalue weighted by atomic mass is 32.1. The highest BCUT2D eigenvalue weighted by Gasteiger charge is 2.49. The van der Waals surface area contributed by atoms with Gasteiger partial charge in [0.1, 0.15) is 47.2 Å². The average molecular weight is 734 g/mol. The largest absolute Gasteiger partial charge is 0.461 e. The maximum atomic E-state index is 17.1. The molecule has 3 atom stereocenters. The van der Waals surface area contributed by atoms with Crippen LogP contribution in [-0.4, -0.2) is 89.2 Å². The van der Waals surface area contributed by atoms with Gasteiger partial charge in [0.2, 0.25) is 0 Å². The lowest BCUT2D eigenvalue weighted by atomic mass is 9.77. The van der Waals surface area contributed by atoms with Crippen molar-refractivity contribution in [2.45, 2.75) is 69.2 Å². The Kier molecular flexibility index (Phi) is 9.01. The summed E-state index contributed by atoms with van der Waals surface area (Å²) in [5.74, 6) is -2.26. The Labute approximate surface area is 294 Å². The molecule has 9 nitrogen and oxygen atoms in total. The number of aliphatic hydroxyl groups is 1. The van der Waals surface area contributed by atoms with Gasteiger partial charge < -0.3 is 20.5 Å². The van der Waals surface area contributed by atoms with Gasteiger partial charge in [-0.05, 0) is 70.9 Å². The molecule has 0 spiro atoms. The summed E-state index contributed by atoms with van der Waals surface area (Å²) in [6.45, 7) is 3.04. The first-order valence-electron chi connectivity index (χ1n) is 16.8. The maximum Gasteiger partial charge on any atom is 0.417 e. The molecule has 4 heterocycles. The molecule has 0 amide bonds. The number of benzene rings is 2. The number of ether oxygens (including phenoxy) is 1. The SMILES string of the molecule is CCN(c1nc(OC[C@@]23CCCN2C[C@H](F)C3)nc2c(F)c(-c3ccc(F)c4sc(N)c(C#N)c34)c(C(F)(F)F)cc12)C1CC(C(O)N(C)C)C1. The molecule has 3 fully saturated rings. The summed E-state index contributed by atoms with van der Waals surface area (Å²) in [4.78, 5) is 14.4. The zero-order valence-electron chi connectivity index (χ0n) is 28.2. The van der Waals surface area contributed by atoms with Crippen LogP contribution in [0.1, 0.15) is 50.2 Å². The van der Waals surface area contributed by atoms with Crippen molar-refractivity contribution in [2.75, 3.05) is 51.0 Å². The number of nitrogens with zero attached hydrogens (tertiary/aromatic N) is 6. The number of nitriles is 1. The van der Waals surface area contributed by atoms with E-state index >= 15 is 17.6 Å². The van der Waals surface area contributed by atoms with E-state index in [1.54, 1.807) is 30.8 Å². The highest BCUT2D eigenvalue weighted by Crippen LogP contribution is 2.49. The lowest BCUT2D eigenvalue weighted by Gasteiger charge is -2.46. The second-order valence-corrected chi connectivity index (χ2v) is 15.1. The Bertz CT molecular complexity index is 2050. The second kappa shape index (κ2) is 12.9. The van der Waals surface area contributed by atoms with Crippen LogP contribution in [0, 0.1) is 28.9 Å². The molecule has 2 saturated heterocycles. The number of anilines is 2. The van der Waals surface area contributed by atoms with E-state index in [9.17, 15) is 19.1 Å². The lowest BCUT2D eigenvalue weighted by Crippen LogP contribution is -2.51. The van der Waals surface area contributed by atoms with Crippen molar-refractivity contribution in [1.29, 1.82) is 5.26 Å². The van der Waals surface area contributed by atoms with Crippen molar-refractivity contribution in [3.05, 3.63) is 41.0 Å². The van der Waals surface area contributed by atoms with Gasteiger partial charge >= 0.3 is 12.2 Å². The minimum absolute atomic E-state index is 0.00156. The normalized spacial score (nSPS) is 24.2. The first-order valence-corrected chi connectivity index (χ1v) is 17.6. The number of hydrogen-bond acceptors (Lipinski definition) is 10.